The van der Waals surface area contributed by atoms with E-state index in [2.05, 4.69) is 15.4 Å². The predicted octanol–water partition coefficient (Wildman–Crippen LogP) is 1.30. The van der Waals surface area contributed by atoms with E-state index in [4.69, 9.17) is 4.74 Å². The Morgan fingerprint density at radius 1 is 1.63 bits per heavy atom. The molecular weight excluding hydrogens is 244 g/mol. The van der Waals surface area contributed by atoms with Gasteiger partial charge in [-0.15, -0.1) is 0 Å². The van der Waals surface area contributed by atoms with E-state index in [0.29, 0.717) is 19.1 Å². The molecule has 0 radical (unpaired) electrons. The third kappa shape index (κ3) is 3.53. The van der Waals surface area contributed by atoms with Crippen molar-refractivity contribution in [1.29, 1.82) is 0 Å². The number of ether oxygens (including phenoxy) is 1. The van der Waals surface area contributed by atoms with Crippen LogP contribution in [0.5, 0.6) is 0 Å². The minimum absolute atomic E-state index is 0.0863. The van der Waals surface area contributed by atoms with Gasteiger partial charge in [-0.25, -0.2) is 4.98 Å². The van der Waals surface area contributed by atoms with Crippen molar-refractivity contribution < 1.29 is 9.53 Å². The molecule has 1 aliphatic rings. The standard InChI is InChI=1S/C13H22N4O2/c1-4-19-12(18)13(3,16-11-5-6-11)7-10(2)17-9-14-8-15-17/h8-11,16H,4-7H2,1-3H3. The molecule has 1 saturated carbocycles. The molecule has 1 aromatic rings. The highest BCUT2D eigenvalue weighted by Gasteiger charge is 2.41. The molecule has 1 heterocycles. The van der Waals surface area contributed by atoms with E-state index in [-0.39, 0.29) is 12.0 Å². The number of rotatable bonds is 7. The van der Waals surface area contributed by atoms with E-state index in [9.17, 15) is 4.79 Å². The number of nitrogens with one attached hydrogen (secondary N) is 1. The van der Waals surface area contributed by atoms with Gasteiger partial charge in [0.05, 0.1) is 12.6 Å². The van der Waals surface area contributed by atoms with Gasteiger partial charge >= 0.3 is 5.97 Å². The zero-order chi connectivity index (χ0) is 13.9. The number of nitrogens with zero attached hydrogens (tertiary/aromatic N) is 3. The second kappa shape index (κ2) is 5.69. The van der Waals surface area contributed by atoms with Crippen LogP contribution in [0, 0.1) is 0 Å². The van der Waals surface area contributed by atoms with Gasteiger partial charge in [0.1, 0.15) is 18.2 Å². The molecule has 1 fully saturated rings. The van der Waals surface area contributed by atoms with Crippen molar-refractivity contribution >= 4 is 5.97 Å². The summed E-state index contributed by atoms with van der Waals surface area (Å²) in [6.45, 7) is 6.17. The molecule has 2 rings (SSSR count). The third-order valence-corrected chi connectivity index (χ3v) is 3.42. The lowest BCUT2D eigenvalue weighted by atomic mass is 9.93. The van der Waals surface area contributed by atoms with Gasteiger partial charge < -0.3 is 4.74 Å². The van der Waals surface area contributed by atoms with Crippen LogP contribution in [0.3, 0.4) is 0 Å². The first-order valence-electron chi connectivity index (χ1n) is 6.84. The Bertz CT molecular complexity index is 416. The highest BCUT2D eigenvalue weighted by atomic mass is 16.5. The van der Waals surface area contributed by atoms with Crippen LogP contribution in [0.1, 0.15) is 46.1 Å². The molecule has 106 valence electrons. The molecule has 0 amide bonds. The molecule has 6 heteroatoms. The van der Waals surface area contributed by atoms with Gasteiger partial charge in [0, 0.05) is 6.04 Å². The minimum Gasteiger partial charge on any atom is -0.465 e. The van der Waals surface area contributed by atoms with E-state index >= 15 is 0 Å². The van der Waals surface area contributed by atoms with Crippen molar-refractivity contribution in [2.45, 2.75) is 57.7 Å². The third-order valence-electron chi connectivity index (χ3n) is 3.42. The summed E-state index contributed by atoms with van der Waals surface area (Å²) >= 11 is 0. The second-order valence-corrected chi connectivity index (χ2v) is 5.40. The highest BCUT2D eigenvalue weighted by Crippen LogP contribution is 2.28. The summed E-state index contributed by atoms with van der Waals surface area (Å²) in [4.78, 5) is 16.1. The summed E-state index contributed by atoms with van der Waals surface area (Å²) in [6, 6.07) is 0.528. The van der Waals surface area contributed by atoms with Crippen molar-refractivity contribution in [3.8, 4) is 0 Å². The highest BCUT2D eigenvalue weighted by molar-refractivity contribution is 5.80. The first-order valence-corrected chi connectivity index (χ1v) is 6.84. The molecule has 0 aliphatic heterocycles. The molecule has 0 bridgehead atoms. The van der Waals surface area contributed by atoms with E-state index in [1.165, 1.54) is 6.33 Å². The van der Waals surface area contributed by atoms with E-state index < -0.39 is 5.54 Å². The summed E-state index contributed by atoms with van der Waals surface area (Å²) in [5.74, 6) is -0.186. The Morgan fingerprint density at radius 3 is 2.89 bits per heavy atom. The maximum atomic E-state index is 12.2. The average Bonchev–Trinajstić information content (AvgIpc) is 2.98. The SMILES string of the molecule is CCOC(=O)C(C)(CC(C)n1cncn1)NC1CC1. The van der Waals surface area contributed by atoms with Crippen LogP contribution in [-0.2, 0) is 9.53 Å². The van der Waals surface area contributed by atoms with Crippen molar-refractivity contribution in [2.24, 2.45) is 0 Å². The second-order valence-electron chi connectivity index (χ2n) is 5.40. The summed E-state index contributed by atoms with van der Waals surface area (Å²) in [5.41, 5.74) is -0.664. The van der Waals surface area contributed by atoms with Gasteiger partial charge in [-0.05, 0) is 40.0 Å². The smallest absolute Gasteiger partial charge is 0.326 e. The average molecular weight is 266 g/mol. The number of esters is 1. The van der Waals surface area contributed by atoms with Gasteiger partial charge in [-0.1, -0.05) is 0 Å². The van der Waals surface area contributed by atoms with Gasteiger partial charge in [0.25, 0.3) is 0 Å². The van der Waals surface area contributed by atoms with Gasteiger partial charge in [-0.3, -0.25) is 14.8 Å². The molecule has 2 atom stereocenters. The minimum atomic E-state index is -0.664. The number of carbonyl (C=O) groups is 1. The molecule has 0 saturated heterocycles. The summed E-state index contributed by atoms with van der Waals surface area (Å²) in [5, 5.41) is 7.53. The normalized spacial score (nSPS) is 19.7. The Labute approximate surface area is 113 Å². The lowest BCUT2D eigenvalue weighted by Gasteiger charge is -2.31. The van der Waals surface area contributed by atoms with E-state index in [1.54, 1.807) is 11.0 Å². The number of hydrogen-bond donors (Lipinski definition) is 1. The zero-order valence-electron chi connectivity index (χ0n) is 11.8. The van der Waals surface area contributed by atoms with E-state index in [1.807, 2.05) is 20.8 Å². The molecule has 6 nitrogen and oxygen atoms in total. The van der Waals surface area contributed by atoms with Gasteiger partial charge in [-0.2, -0.15) is 5.10 Å². The van der Waals surface area contributed by atoms with Crippen LogP contribution in [0.15, 0.2) is 12.7 Å². The van der Waals surface area contributed by atoms with Crippen LogP contribution in [0.2, 0.25) is 0 Å². The fourth-order valence-corrected chi connectivity index (χ4v) is 2.30. The maximum Gasteiger partial charge on any atom is 0.326 e. The van der Waals surface area contributed by atoms with Crippen molar-refractivity contribution in [3.05, 3.63) is 12.7 Å². The van der Waals surface area contributed by atoms with Gasteiger partial charge in [0.15, 0.2) is 0 Å². The number of carbonyl (C=O) groups excluding carboxylic acids is 1. The van der Waals surface area contributed by atoms with E-state index in [0.717, 1.165) is 12.8 Å². The molecule has 19 heavy (non-hydrogen) atoms. The Balaban J connectivity index is 2.05. The molecular formula is C13H22N4O2. The largest absolute Gasteiger partial charge is 0.465 e. The summed E-state index contributed by atoms with van der Waals surface area (Å²) in [7, 11) is 0. The molecule has 0 aromatic carbocycles. The Kier molecular flexibility index (Phi) is 4.19. The lowest BCUT2D eigenvalue weighted by molar-refractivity contribution is -0.151. The predicted molar refractivity (Wildman–Crippen MR) is 70.5 cm³/mol. The molecule has 0 spiro atoms. The molecule has 1 N–H and O–H groups in total. The fourth-order valence-electron chi connectivity index (χ4n) is 2.30. The van der Waals surface area contributed by atoms with Crippen LogP contribution in [-0.4, -0.2) is 38.9 Å². The number of aromatic nitrogens is 3. The Hall–Kier alpha value is -1.43. The van der Waals surface area contributed by atoms with Gasteiger partial charge in [0.2, 0.25) is 0 Å². The van der Waals surface area contributed by atoms with Crippen LogP contribution in [0.25, 0.3) is 0 Å². The maximum absolute atomic E-state index is 12.2. The van der Waals surface area contributed by atoms with Crippen LogP contribution < -0.4 is 5.32 Å². The quantitative estimate of drug-likeness (QED) is 0.753. The Morgan fingerprint density at radius 2 is 2.37 bits per heavy atom. The first-order chi connectivity index (χ1) is 9.05. The van der Waals surface area contributed by atoms with Crippen molar-refractivity contribution in [2.75, 3.05) is 6.61 Å². The van der Waals surface area contributed by atoms with Crippen LogP contribution >= 0.6 is 0 Å². The lowest BCUT2D eigenvalue weighted by Crippen LogP contribution is -2.52. The molecule has 1 aromatic heterocycles. The zero-order valence-corrected chi connectivity index (χ0v) is 11.8. The van der Waals surface area contributed by atoms with Crippen molar-refractivity contribution in [3.63, 3.8) is 0 Å². The first kappa shape index (κ1) is 14.0. The summed E-state index contributed by atoms with van der Waals surface area (Å²) < 4.78 is 6.98. The number of hydrogen-bond acceptors (Lipinski definition) is 5. The topological polar surface area (TPSA) is 69.0 Å². The molecule has 1 aliphatic carbocycles. The van der Waals surface area contributed by atoms with Crippen molar-refractivity contribution in [1.82, 2.24) is 20.1 Å². The fraction of sp³-hybridized carbons (Fsp3) is 0.769. The van der Waals surface area contributed by atoms with Crippen LogP contribution in [0.4, 0.5) is 0 Å². The monoisotopic (exact) mass is 266 g/mol. The summed E-state index contributed by atoms with van der Waals surface area (Å²) in [6.07, 6.45) is 6.07. The molecule has 2 unspecified atom stereocenters.